The van der Waals surface area contributed by atoms with Gasteiger partial charge in [0.05, 0.1) is 15.7 Å². The van der Waals surface area contributed by atoms with E-state index in [1.54, 1.807) is 0 Å². The molecular weight excluding hydrogens is 363 g/mol. The highest BCUT2D eigenvalue weighted by molar-refractivity contribution is 14.1. The number of anilines is 1. The molecule has 2 aromatic heterocycles. The highest BCUT2D eigenvalue weighted by Gasteiger charge is 2.29. The maximum Gasteiger partial charge on any atom is 0.143 e. The molecule has 104 valence electrons. The van der Waals surface area contributed by atoms with Crippen LogP contribution in [0.3, 0.4) is 0 Å². The molecule has 0 unspecified atom stereocenters. The molecule has 3 rings (SSSR count). The van der Waals surface area contributed by atoms with Crippen LogP contribution in [0.2, 0.25) is 0 Å². The van der Waals surface area contributed by atoms with Gasteiger partial charge in [-0.2, -0.15) is 0 Å². The zero-order valence-electron chi connectivity index (χ0n) is 11.4. The summed E-state index contributed by atoms with van der Waals surface area (Å²) in [6, 6.07) is 5.95. The van der Waals surface area contributed by atoms with Gasteiger partial charge in [-0.15, -0.1) is 0 Å². The fourth-order valence-electron chi connectivity index (χ4n) is 2.17. The molecule has 0 radical (unpaired) electrons. The third-order valence-corrected chi connectivity index (χ3v) is 4.36. The Kier molecular flexibility index (Phi) is 4.14. The predicted octanol–water partition coefficient (Wildman–Crippen LogP) is 3.38. The Bertz CT molecular complexity index is 596. The second-order valence-corrected chi connectivity index (χ2v) is 6.07. The molecule has 2 heterocycles. The van der Waals surface area contributed by atoms with Crippen molar-refractivity contribution in [2.75, 3.05) is 11.9 Å². The first-order valence-corrected chi connectivity index (χ1v) is 8.06. The number of nitrogens with one attached hydrogen (secondary N) is 1. The molecular formula is C15H17IN4. The lowest BCUT2D eigenvalue weighted by atomic mass is 10.2. The second-order valence-electron chi connectivity index (χ2n) is 4.99. The lowest BCUT2D eigenvalue weighted by Gasteiger charge is -2.11. The summed E-state index contributed by atoms with van der Waals surface area (Å²) in [7, 11) is 0. The van der Waals surface area contributed by atoms with Crippen molar-refractivity contribution in [1.82, 2.24) is 15.0 Å². The molecule has 0 saturated heterocycles. The highest BCUT2D eigenvalue weighted by atomic mass is 127. The predicted molar refractivity (Wildman–Crippen MR) is 87.9 cm³/mol. The van der Waals surface area contributed by atoms with Crippen molar-refractivity contribution < 1.29 is 0 Å². The average Bonchev–Trinajstić information content (AvgIpc) is 3.28. The first-order chi connectivity index (χ1) is 9.78. The molecule has 1 saturated carbocycles. The maximum atomic E-state index is 4.77. The Morgan fingerprint density at radius 3 is 2.80 bits per heavy atom. The third-order valence-electron chi connectivity index (χ3n) is 3.30. The summed E-state index contributed by atoms with van der Waals surface area (Å²) in [5.41, 5.74) is 2.22. The van der Waals surface area contributed by atoms with Crippen LogP contribution in [0.4, 0.5) is 5.82 Å². The fraction of sp³-hybridized carbons (Fsp3) is 0.400. The highest BCUT2D eigenvalue weighted by Crippen LogP contribution is 2.42. The van der Waals surface area contributed by atoms with Crippen molar-refractivity contribution in [2.24, 2.45) is 0 Å². The van der Waals surface area contributed by atoms with Crippen LogP contribution in [0.15, 0.2) is 24.4 Å². The smallest absolute Gasteiger partial charge is 0.143 e. The van der Waals surface area contributed by atoms with Gasteiger partial charge in [0.25, 0.3) is 0 Å². The standard InChI is InChI=1S/C15H17IN4/c1-2-17-15-13(16)14(10-6-7-10)19-12(20-15)9-11-5-3-4-8-18-11/h3-5,8,10H,2,6-7,9H2,1H3,(H,17,19,20). The monoisotopic (exact) mass is 380 g/mol. The fourth-order valence-corrected chi connectivity index (χ4v) is 3.04. The first-order valence-electron chi connectivity index (χ1n) is 6.98. The lowest BCUT2D eigenvalue weighted by molar-refractivity contribution is 0.873. The molecule has 2 aromatic rings. The van der Waals surface area contributed by atoms with E-state index in [0.717, 1.165) is 23.9 Å². The number of halogens is 1. The number of hydrogen-bond acceptors (Lipinski definition) is 4. The summed E-state index contributed by atoms with van der Waals surface area (Å²) < 4.78 is 1.18. The van der Waals surface area contributed by atoms with Gasteiger partial charge in [-0.1, -0.05) is 6.07 Å². The van der Waals surface area contributed by atoms with Gasteiger partial charge >= 0.3 is 0 Å². The molecule has 1 aliphatic carbocycles. The Morgan fingerprint density at radius 1 is 1.30 bits per heavy atom. The lowest BCUT2D eigenvalue weighted by Crippen LogP contribution is -2.10. The minimum Gasteiger partial charge on any atom is -0.369 e. The number of pyridine rings is 1. The van der Waals surface area contributed by atoms with Crippen LogP contribution in [-0.2, 0) is 6.42 Å². The molecule has 4 nitrogen and oxygen atoms in total. The summed E-state index contributed by atoms with van der Waals surface area (Å²) in [4.78, 5) is 13.8. The molecule has 0 bridgehead atoms. The van der Waals surface area contributed by atoms with E-state index in [1.165, 1.54) is 22.1 Å². The zero-order valence-corrected chi connectivity index (χ0v) is 13.6. The first kappa shape index (κ1) is 13.7. The molecule has 1 fully saturated rings. The van der Waals surface area contributed by atoms with Gasteiger partial charge < -0.3 is 5.32 Å². The van der Waals surface area contributed by atoms with E-state index in [0.29, 0.717) is 12.3 Å². The summed E-state index contributed by atoms with van der Waals surface area (Å²) in [5.74, 6) is 2.46. The Labute approximate surface area is 132 Å². The Hall–Kier alpha value is -1.24. The van der Waals surface area contributed by atoms with Crippen LogP contribution in [0.25, 0.3) is 0 Å². The topological polar surface area (TPSA) is 50.7 Å². The normalized spacial score (nSPS) is 14.3. The van der Waals surface area contributed by atoms with Crippen molar-refractivity contribution in [3.63, 3.8) is 0 Å². The number of hydrogen-bond donors (Lipinski definition) is 1. The molecule has 0 spiro atoms. The van der Waals surface area contributed by atoms with E-state index in [4.69, 9.17) is 4.98 Å². The van der Waals surface area contributed by atoms with Gasteiger partial charge in [0.15, 0.2) is 0 Å². The quantitative estimate of drug-likeness (QED) is 0.809. The van der Waals surface area contributed by atoms with E-state index < -0.39 is 0 Å². The molecule has 1 aliphatic rings. The molecule has 0 aliphatic heterocycles. The van der Waals surface area contributed by atoms with E-state index >= 15 is 0 Å². The molecule has 0 aromatic carbocycles. The summed E-state index contributed by atoms with van der Waals surface area (Å²) >= 11 is 2.36. The molecule has 1 N–H and O–H groups in total. The van der Waals surface area contributed by atoms with Crippen molar-refractivity contribution in [2.45, 2.75) is 32.1 Å². The van der Waals surface area contributed by atoms with Crippen molar-refractivity contribution >= 4 is 28.4 Å². The summed E-state index contributed by atoms with van der Waals surface area (Å²) in [6.45, 7) is 2.97. The van der Waals surface area contributed by atoms with E-state index in [2.05, 4.69) is 44.8 Å². The van der Waals surface area contributed by atoms with E-state index in [-0.39, 0.29) is 0 Å². The van der Waals surface area contributed by atoms with Crippen molar-refractivity contribution in [3.05, 3.63) is 45.2 Å². The number of aromatic nitrogens is 3. The Balaban J connectivity index is 1.93. The average molecular weight is 380 g/mol. The molecule has 0 amide bonds. The zero-order chi connectivity index (χ0) is 13.9. The van der Waals surface area contributed by atoms with Gasteiger partial charge in [0.2, 0.25) is 0 Å². The van der Waals surface area contributed by atoms with Crippen molar-refractivity contribution in [3.8, 4) is 0 Å². The van der Waals surface area contributed by atoms with Gasteiger partial charge in [-0.05, 0) is 54.5 Å². The number of nitrogens with zero attached hydrogens (tertiary/aromatic N) is 3. The summed E-state index contributed by atoms with van der Waals surface area (Å²) in [5, 5.41) is 3.35. The minimum absolute atomic E-state index is 0.629. The van der Waals surface area contributed by atoms with Crippen LogP contribution in [0.5, 0.6) is 0 Å². The largest absolute Gasteiger partial charge is 0.369 e. The van der Waals surface area contributed by atoms with Crippen LogP contribution in [0.1, 0.15) is 42.9 Å². The van der Waals surface area contributed by atoms with Crippen LogP contribution in [0, 0.1) is 3.57 Å². The SMILES string of the molecule is CCNc1nc(Cc2ccccn2)nc(C2CC2)c1I. The Morgan fingerprint density at radius 2 is 2.15 bits per heavy atom. The maximum absolute atomic E-state index is 4.77. The second kappa shape index (κ2) is 6.03. The third kappa shape index (κ3) is 3.08. The van der Waals surface area contributed by atoms with Gasteiger partial charge in [0.1, 0.15) is 11.6 Å². The van der Waals surface area contributed by atoms with Crippen LogP contribution < -0.4 is 5.32 Å². The van der Waals surface area contributed by atoms with Gasteiger partial charge in [0, 0.05) is 24.4 Å². The van der Waals surface area contributed by atoms with Gasteiger partial charge in [-0.3, -0.25) is 4.98 Å². The van der Waals surface area contributed by atoms with Crippen molar-refractivity contribution in [1.29, 1.82) is 0 Å². The van der Waals surface area contributed by atoms with Crippen LogP contribution >= 0.6 is 22.6 Å². The number of rotatable bonds is 5. The summed E-state index contributed by atoms with van der Waals surface area (Å²) in [6.07, 6.45) is 5.01. The molecule has 0 atom stereocenters. The molecule has 5 heteroatoms. The minimum atomic E-state index is 0.629. The molecule has 20 heavy (non-hydrogen) atoms. The van der Waals surface area contributed by atoms with Gasteiger partial charge in [-0.25, -0.2) is 9.97 Å². The van der Waals surface area contributed by atoms with E-state index in [1.807, 2.05) is 24.4 Å². The van der Waals surface area contributed by atoms with E-state index in [9.17, 15) is 0 Å². The van der Waals surface area contributed by atoms with Crippen LogP contribution in [-0.4, -0.2) is 21.5 Å².